The van der Waals surface area contributed by atoms with E-state index in [2.05, 4.69) is 24.2 Å². The Labute approximate surface area is 139 Å². The molecule has 0 spiro atoms. The number of carbonyl (C=O) groups is 2. The first-order chi connectivity index (χ1) is 11.6. The standard InChI is InChI=1S/C19H17N3O2/c1-12-6-5-7-14(10-12)22-13(2)17(11-20-22)21-18(23)15-8-3-4-9-16(15)19(21)24/h3-4,7-11H,5-6H2,1-2H3. The van der Waals surface area contributed by atoms with Gasteiger partial charge in [-0.3, -0.25) is 9.59 Å². The maximum absolute atomic E-state index is 12.6. The second-order valence-electron chi connectivity index (χ2n) is 6.18. The van der Waals surface area contributed by atoms with Gasteiger partial charge in [-0.05, 0) is 44.9 Å². The van der Waals surface area contributed by atoms with Crippen LogP contribution in [0.2, 0.25) is 0 Å². The molecule has 1 aliphatic carbocycles. The van der Waals surface area contributed by atoms with Crippen LogP contribution in [0.15, 0.2) is 48.2 Å². The zero-order valence-electron chi connectivity index (χ0n) is 13.6. The summed E-state index contributed by atoms with van der Waals surface area (Å²) < 4.78 is 1.79. The Morgan fingerprint density at radius 2 is 1.71 bits per heavy atom. The van der Waals surface area contributed by atoms with E-state index in [1.807, 2.05) is 6.92 Å². The Kier molecular flexibility index (Phi) is 3.23. The topological polar surface area (TPSA) is 55.2 Å². The number of fused-ring (bicyclic) bond motifs is 1. The molecule has 2 aliphatic rings. The normalized spacial score (nSPS) is 17.0. The van der Waals surface area contributed by atoms with E-state index >= 15 is 0 Å². The number of hydrogen-bond donors (Lipinski definition) is 0. The summed E-state index contributed by atoms with van der Waals surface area (Å²) in [7, 11) is 0. The maximum atomic E-state index is 12.6. The van der Waals surface area contributed by atoms with Crippen molar-refractivity contribution in [2.45, 2.75) is 26.7 Å². The van der Waals surface area contributed by atoms with Crippen LogP contribution in [0, 0.1) is 6.92 Å². The lowest BCUT2D eigenvalue weighted by atomic mass is 10.0. The highest BCUT2D eigenvalue weighted by molar-refractivity contribution is 6.34. The molecule has 0 N–H and O–H groups in total. The lowest BCUT2D eigenvalue weighted by molar-refractivity contribution is 0.0926. The van der Waals surface area contributed by atoms with Crippen LogP contribution in [-0.4, -0.2) is 21.6 Å². The number of anilines is 1. The highest BCUT2D eigenvalue weighted by Gasteiger charge is 2.38. The lowest BCUT2D eigenvalue weighted by Crippen LogP contribution is -2.29. The fraction of sp³-hybridized carbons (Fsp3) is 0.211. The van der Waals surface area contributed by atoms with E-state index in [-0.39, 0.29) is 11.8 Å². The van der Waals surface area contributed by atoms with Crippen LogP contribution in [0.25, 0.3) is 5.70 Å². The number of nitrogens with zero attached hydrogens (tertiary/aromatic N) is 3. The van der Waals surface area contributed by atoms with Gasteiger partial charge in [0, 0.05) is 0 Å². The maximum Gasteiger partial charge on any atom is 0.266 e. The molecule has 0 fully saturated rings. The lowest BCUT2D eigenvalue weighted by Gasteiger charge is -2.15. The minimum Gasteiger partial charge on any atom is -0.268 e. The van der Waals surface area contributed by atoms with Gasteiger partial charge < -0.3 is 0 Å². The Bertz CT molecular complexity index is 899. The van der Waals surface area contributed by atoms with E-state index in [0.29, 0.717) is 16.8 Å². The smallest absolute Gasteiger partial charge is 0.266 e. The molecule has 1 aromatic heterocycles. The zero-order chi connectivity index (χ0) is 16.8. The summed E-state index contributed by atoms with van der Waals surface area (Å²) in [5, 5.41) is 4.41. The molecule has 1 aliphatic heterocycles. The number of allylic oxidation sites excluding steroid dienone is 4. The molecule has 0 saturated heterocycles. The molecule has 0 atom stereocenters. The van der Waals surface area contributed by atoms with Gasteiger partial charge in [-0.15, -0.1) is 0 Å². The van der Waals surface area contributed by atoms with Gasteiger partial charge in [0.05, 0.1) is 34.4 Å². The van der Waals surface area contributed by atoms with Crippen molar-refractivity contribution in [3.63, 3.8) is 0 Å². The van der Waals surface area contributed by atoms with E-state index in [1.54, 1.807) is 35.1 Å². The van der Waals surface area contributed by atoms with Crippen molar-refractivity contribution in [1.29, 1.82) is 0 Å². The molecule has 2 amide bonds. The Hall–Kier alpha value is -2.95. The van der Waals surface area contributed by atoms with E-state index in [4.69, 9.17) is 0 Å². The molecular weight excluding hydrogens is 302 g/mol. The third-order valence-electron chi connectivity index (χ3n) is 4.55. The quantitative estimate of drug-likeness (QED) is 0.795. The summed E-state index contributed by atoms with van der Waals surface area (Å²) >= 11 is 0. The molecule has 1 aromatic carbocycles. The molecule has 24 heavy (non-hydrogen) atoms. The van der Waals surface area contributed by atoms with Gasteiger partial charge in [-0.2, -0.15) is 5.10 Å². The minimum absolute atomic E-state index is 0.289. The minimum atomic E-state index is -0.289. The second-order valence-corrected chi connectivity index (χ2v) is 6.18. The van der Waals surface area contributed by atoms with Crippen LogP contribution in [-0.2, 0) is 0 Å². The van der Waals surface area contributed by atoms with Crippen LogP contribution >= 0.6 is 0 Å². The van der Waals surface area contributed by atoms with Crippen molar-refractivity contribution in [2.75, 3.05) is 4.90 Å². The van der Waals surface area contributed by atoms with Crippen LogP contribution in [0.5, 0.6) is 0 Å². The molecule has 2 aromatic rings. The van der Waals surface area contributed by atoms with Gasteiger partial charge in [0.2, 0.25) is 0 Å². The SMILES string of the molecule is CC1=CC(n2ncc(N3C(=O)c4ccccc4C3=O)c2C)=CCC1. The zero-order valence-corrected chi connectivity index (χ0v) is 13.6. The van der Waals surface area contributed by atoms with Gasteiger partial charge in [-0.25, -0.2) is 9.58 Å². The Morgan fingerprint density at radius 3 is 2.33 bits per heavy atom. The van der Waals surface area contributed by atoms with Crippen LogP contribution in [0.3, 0.4) is 0 Å². The predicted octanol–water partition coefficient (Wildman–Crippen LogP) is 3.57. The van der Waals surface area contributed by atoms with E-state index in [1.165, 1.54) is 10.5 Å². The van der Waals surface area contributed by atoms with Gasteiger partial charge in [-0.1, -0.05) is 23.8 Å². The third-order valence-corrected chi connectivity index (χ3v) is 4.55. The van der Waals surface area contributed by atoms with Crippen molar-refractivity contribution in [3.8, 4) is 0 Å². The fourth-order valence-electron chi connectivity index (χ4n) is 3.27. The summed E-state index contributed by atoms with van der Waals surface area (Å²) in [6.45, 7) is 3.97. The van der Waals surface area contributed by atoms with Crippen LogP contribution in [0.4, 0.5) is 5.69 Å². The van der Waals surface area contributed by atoms with Crippen molar-refractivity contribution in [1.82, 2.24) is 9.78 Å². The Morgan fingerprint density at radius 1 is 1.04 bits per heavy atom. The average molecular weight is 319 g/mol. The molecule has 0 bridgehead atoms. The van der Waals surface area contributed by atoms with Gasteiger partial charge in [0.25, 0.3) is 11.8 Å². The molecule has 5 heteroatoms. The molecule has 120 valence electrons. The molecular formula is C19H17N3O2. The van der Waals surface area contributed by atoms with Crippen LogP contribution < -0.4 is 4.90 Å². The van der Waals surface area contributed by atoms with Crippen LogP contribution in [0.1, 0.15) is 46.2 Å². The molecule has 2 heterocycles. The first-order valence-electron chi connectivity index (χ1n) is 7.98. The van der Waals surface area contributed by atoms with E-state index in [9.17, 15) is 9.59 Å². The summed E-state index contributed by atoms with van der Waals surface area (Å²) in [5.74, 6) is -0.579. The number of rotatable bonds is 2. The number of amides is 2. The second kappa shape index (κ2) is 5.30. The summed E-state index contributed by atoms with van der Waals surface area (Å²) in [5.41, 5.74) is 4.49. The molecule has 0 radical (unpaired) electrons. The van der Waals surface area contributed by atoms with Gasteiger partial charge in [0.1, 0.15) is 0 Å². The van der Waals surface area contributed by atoms with Crippen molar-refractivity contribution in [2.24, 2.45) is 0 Å². The average Bonchev–Trinajstić information content (AvgIpc) is 3.07. The first-order valence-corrected chi connectivity index (χ1v) is 7.98. The first kappa shape index (κ1) is 14.6. The predicted molar refractivity (Wildman–Crippen MR) is 91.8 cm³/mol. The molecule has 0 unspecified atom stereocenters. The van der Waals surface area contributed by atoms with Crippen molar-refractivity contribution >= 4 is 23.2 Å². The van der Waals surface area contributed by atoms with Crippen molar-refractivity contribution < 1.29 is 9.59 Å². The third kappa shape index (κ3) is 2.05. The highest BCUT2D eigenvalue weighted by atomic mass is 16.2. The fourth-order valence-corrected chi connectivity index (χ4v) is 3.27. The number of hydrogen-bond acceptors (Lipinski definition) is 3. The summed E-state index contributed by atoms with van der Waals surface area (Å²) in [6.07, 6.45) is 7.83. The van der Waals surface area contributed by atoms with Gasteiger partial charge >= 0.3 is 0 Å². The Balaban J connectivity index is 1.76. The van der Waals surface area contributed by atoms with Gasteiger partial charge in [0.15, 0.2) is 0 Å². The number of benzene rings is 1. The summed E-state index contributed by atoms with van der Waals surface area (Å²) in [4.78, 5) is 26.5. The monoisotopic (exact) mass is 319 g/mol. The highest BCUT2D eigenvalue weighted by Crippen LogP contribution is 2.32. The van der Waals surface area contributed by atoms with E-state index < -0.39 is 0 Å². The largest absolute Gasteiger partial charge is 0.268 e. The molecule has 4 rings (SSSR count). The van der Waals surface area contributed by atoms with Crippen molar-refractivity contribution in [3.05, 3.63) is 65.0 Å². The number of aromatic nitrogens is 2. The molecule has 0 saturated carbocycles. The summed E-state index contributed by atoms with van der Waals surface area (Å²) in [6, 6.07) is 6.91. The number of imide groups is 1. The number of carbonyl (C=O) groups excluding carboxylic acids is 2. The molecule has 5 nitrogen and oxygen atoms in total. The van der Waals surface area contributed by atoms with E-state index in [0.717, 1.165) is 24.2 Å².